The molecule has 1 aromatic heterocycles. The quantitative estimate of drug-likeness (QED) is 0.873. The standard InChI is InChI=1S/C14H22N2O/c1-11-8-12(10-17)9-15-14(11)16(2)13-6-4-3-5-7-13/h8-9,13,17H,3-7,10H2,1-2H3. The van der Waals surface area contributed by atoms with Gasteiger partial charge in [-0.1, -0.05) is 19.3 Å². The van der Waals surface area contributed by atoms with Gasteiger partial charge in [0.05, 0.1) is 6.61 Å². The number of aliphatic hydroxyl groups excluding tert-OH is 1. The van der Waals surface area contributed by atoms with Gasteiger partial charge in [0.2, 0.25) is 0 Å². The zero-order valence-electron chi connectivity index (χ0n) is 10.8. The molecule has 17 heavy (non-hydrogen) atoms. The Bertz CT molecular complexity index is 372. The summed E-state index contributed by atoms with van der Waals surface area (Å²) >= 11 is 0. The maximum absolute atomic E-state index is 9.09. The van der Waals surface area contributed by atoms with E-state index in [2.05, 4.69) is 23.9 Å². The maximum Gasteiger partial charge on any atom is 0.131 e. The highest BCUT2D eigenvalue weighted by atomic mass is 16.3. The van der Waals surface area contributed by atoms with Crippen molar-refractivity contribution in [1.82, 2.24) is 4.98 Å². The molecule has 0 unspecified atom stereocenters. The minimum Gasteiger partial charge on any atom is -0.392 e. The van der Waals surface area contributed by atoms with Crippen molar-refractivity contribution in [2.75, 3.05) is 11.9 Å². The number of rotatable bonds is 3. The molecular weight excluding hydrogens is 212 g/mol. The zero-order valence-corrected chi connectivity index (χ0v) is 10.8. The Morgan fingerprint density at radius 1 is 1.35 bits per heavy atom. The molecule has 0 atom stereocenters. The van der Waals surface area contributed by atoms with E-state index in [0.29, 0.717) is 6.04 Å². The van der Waals surface area contributed by atoms with Crippen molar-refractivity contribution >= 4 is 5.82 Å². The van der Waals surface area contributed by atoms with Crippen molar-refractivity contribution in [2.45, 2.75) is 51.7 Å². The lowest BCUT2D eigenvalue weighted by Crippen LogP contribution is -2.34. The fourth-order valence-corrected chi connectivity index (χ4v) is 2.72. The Morgan fingerprint density at radius 3 is 2.65 bits per heavy atom. The van der Waals surface area contributed by atoms with Crippen LogP contribution in [0, 0.1) is 6.92 Å². The van der Waals surface area contributed by atoms with Crippen LogP contribution in [-0.2, 0) is 6.61 Å². The Kier molecular flexibility index (Phi) is 4.00. The number of anilines is 1. The van der Waals surface area contributed by atoms with Crippen molar-refractivity contribution < 1.29 is 5.11 Å². The van der Waals surface area contributed by atoms with Gasteiger partial charge in [-0.25, -0.2) is 4.98 Å². The Balaban J connectivity index is 2.15. The molecule has 1 aliphatic carbocycles. The average molecular weight is 234 g/mol. The first-order chi connectivity index (χ1) is 8.22. The Morgan fingerprint density at radius 2 is 2.06 bits per heavy atom. The van der Waals surface area contributed by atoms with Gasteiger partial charge >= 0.3 is 0 Å². The van der Waals surface area contributed by atoms with Crippen LogP contribution in [0.1, 0.15) is 43.2 Å². The van der Waals surface area contributed by atoms with Crippen molar-refractivity contribution in [1.29, 1.82) is 0 Å². The molecule has 94 valence electrons. The van der Waals surface area contributed by atoms with Crippen molar-refractivity contribution in [2.24, 2.45) is 0 Å². The second-order valence-corrected chi connectivity index (χ2v) is 5.04. The smallest absolute Gasteiger partial charge is 0.131 e. The van der Waals surface area contributed by atoms with Crippen LogP contribution in [-0.4, -0.2) is 23.2 Å². The summed E-state index contributed by atoms with van der Waals surface area (Å²) in [5.41, 5.74) is 2.05. The number of nitrogens with zero attached hydrogens (tertiary/aromatic N) is 2. The highest BCUT2D eigenvalue weighted by Crippen LogP contribution is 2.26. The first kappa shape index (κ1) is 12.4. The monoisotopic (exact) mass is 234 g/mol. The average Bonchev–Trinajstić information content (AvgIpc) is 2.39. The topological polar surface area (TPSA) is 36.4 Å². The second-order valence-electron chi connectivity index (χ2n) is 5.04. The molecule has 0 spiro atoms. The van der Waals surface area contributed by atoms with E-state index in [4.69, 9.17) is 5.11 Å². The maximum atomic E-state index is 9.09. The van der Waals surface area contributed by atoms with Crippen molar-refractivity contribution in [3.05, 3.63) is 23.4 Å². The summed E-state index contributed by atoms with van der Waals surface area (Å²) in [6.07, 6.45) is 8.38. The first-order valence-corrected chi connectivity index (χ1v) is 6.51. The summed E-state index contributed by atoms with van der Waals surface area (Å²) in [6, 6.07) is 2.66. The number of pyridine rings is 1. The zero-order chi connectivity index (χ0) is 12.3. The van der Waals surface area contributed by atoms with Crippen LogP contribution in [0.15, 0.2) is 12.3 Å². The van der Waals surface area contributed by atoms with Crippen LogP contribution in [0.2, 0.25) is 0 Å². The lowest BCUT2D eigenvalue weighted by molar-refractivity contribution is 0.281. The highest BCUT2D eigenvalue weighted by Gasteiger charge is 2.20. The normalized spacial score (nSPS) is 17.1. The van der Waals surface area contributed by atoms with Crippen LogP contribution in [0.5, 0.6) is 0 Å². The molecule has 1 aliphatic rings. The fraction of sp³-hybridized carbons (Fsp3) is 0.643. The molecule has 1 fully saturated rings. The number of aryl methyl sites for hydroxylation is 1. The SMILES string of the molecule is Cc1cc(CO)cnc1N(C)C1CCCCC1. The van der Waals surface area contributed by atoms with Gasteiger partial charge in [0, 0.05) is 19.3 Å². The largest absolute Gasteiger partial charge is 0.392 e. The van der Waals surface area contributed by atoms with Crippen molar-refractivity contribution in [3.8, 4) is 0 Å². The number of aromatic nitrogens is 1. The molecule has 0 radical (unpaired) electrons. The summed E-state index contributed by atoms with van der Waals surface area (Å²) < 4.78 is 0. The summed E-state index contributed by atoms with van der Waals surface area (Å²) in [5, 5.41) is 9.09. The molecule has 2 rings (SSSR count). The molecule has 1 aromatic rings. The third-order valence-corrected chi connectivity index (χ3v) is 3.75. The van der Waals surface area contributed by atoms with Crippen LogP contribution < -0.4 is 4.90 Å². The van der Waals surface area contributed by atoms with Gasteiger partial charge in [0.15, 0.2) is 0 Å². The van der Waals surface area contributed by atoms with Gasteiger partial charge in [-0.15, -0.1) is 0 Å². The summed E-state index contributed by atoms with van der Waals surface area (Å²) in [7, 11) is 2.14. The number of aliphatic hydroxyl groups is 1. The van der Waals surface area contributed by atoms with E-state index in [1.165, 1.54) is 32.1 Å². The number of hydrogen-bond acceptors (Lipinski definition) is 3. The lowest BCUT2D eigenvalue weighted by Gasteiger charge is -2.33. The minimum atomic E-state index is 0.0707. The molecule has 1 heterocycles. The predicted molar refractivity (Wildman–Crippen MR) is 70.2 cm³/mol. The third kappa shape index (κ3) is 2.78. The van der Waals surface area contributed by atoms with Gasteiger partial charge in [-0.2, -0.15) is 0 Å². The third-order valence-electron chi connectivity index (χ3n) is 3.75. The molecule has 0 bridgehead atoms. The molecule has 0 aliphatic heterocycles. The van der Waals surface area contributed by atoms with Gasteiger partial charge < -0.3 is 10.0 Å². The van der Waals surface area contributed by atoms with Gasteiger partial charge in [-0.3, -0.25) is 0 Å². The van der Waals surface area contributed by atoms with Gasteiger partial charge in [0.25, 0.3) is 0 Å². The van der Waals surface area contributed by atoms with E-state index in [1.54, 1.807) is 6.20 Å². The minimum absolute atomic E-state index is 0.0707. The van der Waals surface area contributed by atoms with Crippen LogP contribution in [0.4, 0.5) is 5.82 Å². The molecule has 1 N–H and O–H groups in total. The molecule has 1 saturated carbocycles. The van der Waals surface area contributed by atoms with E-state index >= 15 is 0 Å². The van der Waals surface area contributed by atoms with Crippen LogP contribution >= 0.6 is 0 Å². The van der Waals surface area contributed by atoms with E-state index < -0.39 is 0 Å². The van der Waals surface area contributed by atoms with E-state index in [9.17, 15) is 0 Å². The second kappa shape index (κ2) is 5.50. The van der Waals surface area contributed by atoms with E-state index in [-0.39, 0.29) is 6.61 Å². The molecular formula is C14H22N2O. The summed E-state index contributed by atoms with van der Waals surface area (Å²) in [4.78, 5) is 6.81. The molecule has 0 amide bonds. The Labute approximate surface area is 103 Å². The fourth-order valence-electron chi connectivity index (χ4n) is 2.72. The Hall–Kier alpha value is -1.09. The summed E-state index contributed by atoms with van der Waals surface area (Å²) in [6.45, 7) is 2.14. The number of hydrogen-bond donors (Lipinski definition) is 1. The van der Waals surface area contributed by atoms with E-state index in [0.717, 1.165) is 16.9 Å². The van der Waals surface area contributed by atoms with Crippen LogP contribution in [0.3, 0.4) is 0 Å². The molecule has 0 aromatic carbocycles. The predicted octanol–water partition coefficient (Wildman–Crippen LogP) is 2.65. The lowest BCUT2D eigenvalue weighted by atomic mass is 9.94. The summed E-state index contributed by atoms with van der Waals surface area (Å²) in [5.74, 6) is 1.06. The first-order valence-electron chi connectivity index (χ1n) is 6.51. The molecule has 0 saturated heterocycles. The van der Waals surface area contributed by atoms with E-state index in [1.807, 2.05) is 6.07 Å². The van der Waals surface area contributed by atoms with Crippen molar-refractivity contribution in [3.63, 3.8) is 0 Å². The van der Waals surface area contributed by atoms with Crippen LogP contribution in [0.25, 0.3) is 0 Å². The van der Waals surface area contributed by atoms with Gasteiger partial charge in [0.1, 0.15) is 5.82 Å². The molecule has 3 heteroatoms. The van der Waals surface area contributed by atoms with Gasteiger partial charge in [-0.05, 0) is 37.0 Å². The molecule has 3 nitrogen and oxygen atoms in total. The highest BCUT2D eigenvalue weighted by molar-refractivity contribution is 5.47.